The quantitative estimate of drug-likeness (QED) is 0.679. The Hall–Kier alpha value is -2.97. The highest BCUT2D eigenvalue weighted by atomic mass is 15.1. The van der Waals surface area contributed by atoms with E-state index in [9.17, 15) is 0 Å². The summed E-state index contributed by atoms with van der Waals surface area (Å²) in [6.45, 7) is 6.30. The highest BCUT2D eigenvalue weighted by Gasteiger charge is 2.22. The molecule has 28 heavy (non-hydrogen) atoms. The third-order valence-electron chi connectivity index (χ3n) is 5.53. The zero-order valence-electron chi connectivity index (χ0n) is 16.3. The molecule has 1 aliphatic heterocycles. The molecule has 1 aromatic carbocycles. The van der Waals surface area contributed by atoms with Gasteiger partial charge in [0.15, 0.2) is 0 Å². The molecule has 5 nitrogen and oxygen atoms in total. The van der Waals surface area contributed by atoms with Crippen LogP contribution in [0.2, 0.25) is 0 Å². The predicted molar refractivity (Wildman–Crippen MR) is 109 cm³/mol. The first-order valence-corrected chi connectivity index (χ1v) is 9.87. The van der Waals surface area contributed by atoms with Gasteiger partial charge in [0.1, 0.15) is 5.82 Å². The largest absolute Gasteiger partial charge is 0.328 e. The van der Waals surface area contributed by atoms with Crippen LogP contribution >= 0.6 is 0 Å². The number of nitriles is 1. The van der Waals surface area contributed by atoms with Crippen LogP contribution in [0.15, 0.2) is 55.0 Å². The third-order valence-corrected chi connectivity index (χ3v) is 5.53. The Morgan fingerprint density at radius 3 is 2.68 bits per heavy atom. The minimum absolute atomic E-state index is 0.612. The average molecular weight is 371 g/mol. The molecule has 4 rings (SSSR count). The minimum atomic E-state index is 0.612. The van der Waals surface area contributed by atoms with Crippen molar-refractivity contribution in [1.29, 1.82) is 5.26 Å². The van der Waals surface area contributed by atoms with Crippen LogP contribution in [-0.2, 0) is 13.1 Å². The number of aromatic nitrogens is 3. The van der Waals surface area contributed by atoms with Crippen molar-refractivity contribution < 1.29 is 0 Å². The van der Waals surface area contributed by atoms with Crippen LogP contribution in [-0.4, -0.2) is 32.5 Å². The Bertz CT molecular complexity index is 953. The molecule has 2 aromatic heterocycles. The van der Waals surface area contributed by atoms with Gasteiger partial charge in [0.2, 0.25) is 0 Å². The van der Waals surface area contributed by atoms with E-state index in [-0.39, 0.29) is 0 Å². The summed E-state index contributed by atoms with van der Waals surface area (Å²) < 4.78 is 2.35. The van der Waals surface area contributed by atoms with E-state index in [0.717, 1.165) is 43.1 Å². The molecule has 1 unspecified atom stereocenters. The lowest BCUT2D eigenvalue weighted by atomic mass is 9.97. The Labute approximate surface area is 166 Å². The third kappa shape index (κ3) is 4.13. The van der Waals surface area contributed by atoms with Crippen molar-refractivity contribution in [3.8, 4) is 17.5 Å². The first-order chi connectivity index (χ1) is 13.7. The molecule has 1 atom stereocenters. The lowest BCUT2D eigenvalue weighted by Crippen LogP contribution is -2.36. The number of pyridine rings is 1. The SMILES string of the molecule is Cc1cnc(-c2ccncc2)n1CC1CCCN(Cc2ccc(C#N)cc2)C1. The van der Waals surface area contributed by atoms with Crippen LogP contribution in [0.4, 0.5) is 0 Å². The van der Waals surface area contributed by atoms with Gasteiger partial charge in [0.25, 0.3) is 0 Å². The highest BCUT2D eigenvalue weighted by Crippen LogP contribution is 2.25. The summed E-state index contributed by atoms with van der Waals surface area (Å²) in [5, 5.41) is 8.96. The summed E-state index contributed by atoms with van der Waals surface area (Å²) >= 11 is 0. The van der Waals surface area contributed by atoms with Crippen molar-refractivity contribution in [2.24, 2.45) is 5.92 Å². The number of imidazole rings is 1. The Balaban J connectivity index is 1.44. The van der Waals surface area contributed by atoms with E-state index in [1.54, 1.807) is 0 Å². The minimum Gasteiger partial charge on any atom is -0.328 e. The van der Waals surface area contributed by atoms with Crippen molar-refractivity contribution in [2.75, 3.05) is 13.1 Å². The summed E-state index contributed by atoms with van der Waals surface area (Å²) in [4.78, 5) is 11.3. The summed E-state index contributed by atoms with van der Waals surface area (Å²) in [5.74, 6) is 1.64. The van der Waals surface area contributed by atoms with E-state index in [1.807, 2.05) is 42.9 Å². The molecule has 0 N–H and O–H groups in total. The molecule has 0 saturated carbocycles. The standard InChI is InChI=1S/C23H25N5/c1-18-14-26-23(22-8-10-25-11-9-22)28(18)17-21-3-2-12-27(16-21)15-20-6-4-19(13-24)5-7-20/h4-11,14,21H,2-3,12,15-17H2,1H3. The second-order valence-corrected chi connectivity index (χ2v) is 7.62. The van der Waals surface area contributed by atoms with E-state index >= 15 is 0 Å². The normalized spacial score (nSPS) is 17.4. The van der Waals surface area contributed by atoms with E-state index in [1.165, 1.54) is 24.1 Å². The topological polar surface area (TPSA) is 57.7 Å². The molecule has 0 amide bonds. The average Bonchev–Trinajstić information content (AvgIpc) is 3.10. The molecular formula is C23H25N5. The first-order valence-electron chi connectivity index (χ1n) is 9.87. The van der Waals surface area contributed by atoms with Crippen molar-refractivity contribution in [3.05, 3.63) is 71.8 Å². The molecular weight excluding hydrogens is 346 g/mol. The van der Waals surface area contributed by atoms with Gasteiger partial charge in [0.05, 0.1) is 11.6 Å². The van der Waals surface area contributed by atoms with Gasteiger partial charge in [-0.1, -0.05) is 12.1 Å². The maximum absolute atomic E-state index is 8.96. The summed E-state index contributed by atoms with van der Waals surface area (Å²) in [6.07, 6.45) is 8.08. The smallest absolute Gasteiger partial charge is 0.140 e. The fourth-order valence-corrected chi connectivity index (χ4v) is 4.07. The number of benzene rings is 1. The van der Waals surface area contributed by atoms with Gasteiger partial charge in [-0.05, 0) is 62.1 Å². The number of hydrogen-bond donors (Lipinski definition) is 0. The maximum atomic E-state index is 8.96. The number of piperidine rings is 1. The number of hydrogen-bond acceptors (Lipinski definition) is 4. The number of rotatable bonds is 5. The maximum Gasteiger partial charge on any atom is 0.140 e. The molecule has 0 radical (unpaired) electrons. The molecule has 3 aromatic rings. The van der Waals surface area contributed by atoms with Gasteiger partial charge < -0.3 is 4.57 Å². The monoisotopic (exact) mass is 371 g/mol. The van der Waals surface area contributed by atoms with Gasteiger partial charge >= 0.3 is 0 Å². The Kier molecular flexibility index (Phi) is 5.50. The summed E-state index contributed by atoms with van der Waals surface area (Å²) in [6, 6.07) is 14.2. The van der Waals surface area contributed by atoms with Crippen LogP contribution < -0.4 is 0 Å². The molecule has 0 bridgehead atoms. The fourth-order valence-electron chi connectivity index (χ4n) is 4.07. The fraction of sp³-hybridized carbons (Fsp3) is 0.348. The zero-order chi connectivity index (χ0) is 19.3. The van der Waals surface area contributed by atoms with E-state index in [2.05, 4.69) is 44.6 Å². The zero-order valence-corrected chi connectivity index (χ0v) is 16.3. The molecule has 0 spiro atoms. The second-order valence-electron chi connectivity index (χ2n) is 7.62. The van der Waals surface area contributed by atoms with Gasteiger partial charge in [-0.25, -0.2) is 4.98 Å². The van der Waals surface area contributed by atoms with Gasteiger partial charge in [0, 0.05) is 49.5 Å². The highest BCUT2D eigenvalue weighted by molar-refractivity contribution is 5.55. The lowest BCUT2D eigenvalue weighted by molar-refractivity contribution is 0.156. The molecule has 5 heteroatoms. The van der Waals surface area contributed by atoms with Crippen molar-refractivity contribution in [3.63, 3.8) is 0 Å². The van der Waals surface area contributed by atoms with Crippen LogP contribution in [0.3, 0.4) is 0 Å². The summed E-state index contributed by atoms with van der Waals surface area (Å²) in [5.41, 5.74) is 4.32. The van der Waals surface area contributed by atoms with E-state index in [4.69, 9.17) is 5.26 Å². The number of nitrogens with zero attached hydrogens (tertiary/aromatic N) is 5. The van der Waals surface area contributed by atoms with Crippen LogP contribution in [0.25, 0.3) is 11.4 Å². The van der Waals surface area contributed by atoms with E-state index in [0.29, 0.717) is 5.92 Å². The van der Waals surface area contributed by atoms with Crippen LogP contribution in [0.5, 0.6) is 0 Å². The Morgan fingerprint density at radius 1 is 1.14 bits per heavy atom. The number of likely N-dealkylation sites (tertiary alicyclic amines) is 1. The molecule has 0 aliphatic carbocycles. The molecule has 1 saturated heterocycles. The summed E-state index contributed by atoms with van der Waals surface area (Å²) in [7, 11) is 0. The Morgan fingerprint density at radius 2 is 1.93 bits per heavy atom. The van der Waals surface area contributed by atoms with Gasteiger partial charge in [-0.15, -0.1) is 0 Å². The molecule has 142 valence electrons. The molecule has 1 fully saturated rings. The molecule has 3 heterocycles. The van der Waals surface area contributed by atoms with Gasteiger partial charge in [-0.3, -0.25) is 9.88 Å². The van der Waals surface area contributed by atoms with Crippen molar-refractivity contribution in [1.82, 2.24) is 19.4 Å². The van der Waals surface area contributed by atoms with Crippen molar-refractivity contribution in [2.45, 2.75) is 32.9 Å². The number of aryl methyl sites for hydroxylation is 1. The van der Waals surface area contributed by atoms with Crippen LogP contribution in [0.1, 0.15) is 29.7 Å². The van der Waals surface area contributed by atoms with Crippen molar-refractivity contribution >= 4 is 0 Å². The first kappa shape index (κ1) is 18.4. The second kappa shape index (κ2) is 8.37. The van der Waals surface area contributed by atoms with E-state index < -0.39 is 0 Å². The van der Waals surface area contributed by atoms with Gasteiger partial charge in [-0.2, -0.15) is 5.26 Å². The molecule has 1 aliphatic rings. The predicted octanol–water partition coefficient (Wildman–Crippen LogP) is 4.04. The van der Waals surface area contributed by atoms with Crippen LogP contribution in [0, 0.1) is 24.2 Å². The lowest BCUT2D eigenvalue weighted by Gasteiger charge is -2.33.